The summed E-state index contributed by atoms with van der Waals surface area (Å²) < 4.78 is 49.1. The molecular formula is C83H88AgN10O20S2. The second-order valence-corrected chi connectivity index (χ2v) is 34.7. The summed E-state index contributed by atoms with van der Waals surface area (Å²) in [5.41, 5.74) is 16.0. The molecule has 16 atom stereocenters. The molecule has 0 aliphatic carbocycles. The maximum atomic E-state index is 15.0. The Morgan fingerprint density at radius 1 is 0.595 bits per heavy atom. The molecule has 0 amide bonds. The number of carboxylic acid groups (broad SMARTS) is 2. The number of aliphatic carboxylic acids is 2. The van der Waals surface area contributed by atoms with Gasteiger partial charge in [-0.15, -0.1) is 33.6 Å². The van der Waals surface area contributed by atoms with Gasteiger partial charge in [-0.2, -0.15) is 5.26 Å². The number of carbonyl (C=O) groups excluding carboxylic acids is 2. The van der Waals surface area contributed by atoms with E-state index in [1.807, 2.05) is 92.0 Å². The number of nitrogens with one attached hydrogen (secondary N) is 4. The zero-order chi connectivity index (χ0) is 81.1. The van der Waals surface area contributed by atoms with Crippen LogP contribution in [0.3, 0.4) is 0 Å². The quantitative estimate of drug-likeness (QED) is 0.0340. The second-order valence-electron chi connectivity index (χ2n) is 32.5. The molecule has 0 unspecified atom stereocenters. The summed E-state index contributed by atoms with van der Waals surface area (Å²) in [5.74, 6) is 0.397. The van der Waals surface area contributed by atoms with Gasteiger partial charge in [0.05, 0.1) is 61.9 Å². The van der Waals surface area contributed by atoms with E-state index in [-0.39, 0.29) is 97.1 Å². The van der Waals surface area contributed by atoms with Crippen LogP contribution in [0.1, 0.15) is 146 Å². The molecule has 33 heteroatoms. The van der Waals surface area contributed by atoms with Crippen molar-refractivity contribution >= 4 is 69.2 Å². The summed E-state index contributed by atoms with van der Waals surface area (Å²) in [6, 6.07) is 12.5. The standard InChI is InChI=1S/C42H43N5O8S.C41H44N4O9S.Ag.HNO3/c1-17-7-8-24-22(9-17)23-12-25(40(49)50)45-42(39(23)44-24)15-56-38-29-19(3)20(4)36-37(55-16-54-36)31(29)28(14-53-41(42)51)47-27(13-43)26-11-21-10-18(2)35(52-6)34(48)30(21)32(33(38)47)46(26)5;1-16-7-8-23-21(9-16)22-12-24(39(48)49)43-41(37(22)42-23)14-55-36-27-18(3)19(4)34-35(54-15-53-34)29(27)26(13-52-40(41)50)45-31(36)30-28-20(11-25(38(45)47)44(30)5)10-17(2)33(51-6)32(28)46;;2-1(3)4/h7-10,25-28,32-33,38,44-45,48H,11-12,14-16H2,1-6H3,(H,49,50);7-10,24-26,30-31,36,38,42-43,46-47H,11-15H2,1-6H3,(H,48,49);;(H,2,3,4)/t25-,26+,27+,28+,32-,33-,38-,42-;24-,25+,26+,30-,31-,36-,38+,41-;;/m11../s1. The normalized spacial score (nSPS) is 29.4. The Hall–Kier alpha value is -9.47. The minimum atomic E-state index is -1.55. The van der Waals surface area contributed by atoms with E-state index < -0.39 is 111 Å². The van der Waals surface area contributed by atoms with Crippen LogP contribution in [0.2, 0.25) is 0 Å². The van der Waals surface area contributed by atoms with Gasteiger partial charge < -0.3 is 78.6 Å². The van der Waals surface area contributed by atoms with E-state index >= 15 is 0 Å². The number of aromatic hydroxyl groups is 2. The average molecular weight is 1720 g/mol. The van der Waals surface area contributed by atoms with E-state index in [1.165, 1.54) is 11.8 Å². The van der Waals surface area contributed by atoms with E-state index in [1.54, 1.807) is 26.0 Å². The zero-order valence-electron chi connectivity index (χ0n) is 65.5. The number of ether oxygens (including phenoxy) is 8. The molecule has 2 spiro atoms. The Balaban J connectivity index is 0.000000158. The Labute approximate surface area is 689 Å². The van der Waals surface area contributed by atoms with Crippen molar-refractivity contribution in [2.75, 3.05) is 66.6 Å². The average Bonchev–Trinajstić information content (AvgIpc) is 0.917. The number of rotatable bonds is 4. The van der Waals surface area contributed by atoms with Gasteiger partial charge in [-0.3, -0.25) is 39.8 Å². The molecular weight excluding hydrogens is 1630 g/mol. The number of methoxy groups -OCH3 is 2. The maximum absolute atomic E-state index is 15.0. The number of fused-ring (bicyclic) bond motifs is 22. The molecule has 16 heterocycles. The van der Waals surface area contributed by atoms with Gasteiger partial charge in [-0.1, -0.05) is 35.4 Å². The molecule has 10 N–H and O–H groups in total. The number of phenolic OH excluding ortho intramolecular Hbond substituents is 2. The van der Waals surface area contributed by atoms with Crippen LogP contribution in [0.25, 0.3) is 21.8 Å². The van der Waals surface area contributed by atoms with Crippen molar-refractivity contribution in [1.82, 2.24) is 40.2 Å². The van der Waals surface area contributed by atoms with Gasteiger partial charge in [0.15, 0.2) is 57.1 Å². The second kappa shape index (κ2) is 28.7. The number of carbonyl (C=O) groups is 4. The number of thioether (sulfide) groups is 2. The van der Waals surface area contributed by atoms with Crippen molar-refractivity contribution < 1.29 is 115 Å². The first-order valence-corrected chi connectivity index (χ1v) is 40.4. The molecule has 30 nitrogen and oxygen atoms in total. The first-order chi connectivity index (χ1) is 55.0. The molecule has 4 fully saturated rings. The van der Waals surface area contributed by atoms with Crippen molar-refractivity contribution in [2.45, 2.75) is 175 Å². The van der Waals surface area contributed by atoms with Gasteiger partial charge >= 0.3 is 23.9 Å². The molecule has 8 aromatic rings. The number of phenols is 2. The summed E-state index contributed by atoms with van der Waals surface area (Å²) in [6.07, 6.45) is 0.411. The fourth-order valence-corrected chi connectivity index (χ4v) is 25.1. The molecule has 1 radical (unpaired) electrons. The van der Waals surface area contributed by atoms with Crippen molar-refractivity contribution in [1.29, 1.82) is 5.26 Å². The van der Waals surface area contributed by atoms with Crippen LogP contribution in [0, 0.1) is 76.8 Å². The van der Waals surface area contributed by atoms with Gasteiger partial charge in [0.25, 0.3) is 5.09 Å². The monoisotopic (exact) mass is 1720 g/mol. The van der Waals surface area contributed by atoms with Crippen LogP contribution < -0.4 is 39.1 Å². The number of aliphatic hydroxyl groups is 1. The van der Waals surface area contributed by atoms with Gasteiger partial charge in [0.2, 0.25) is 13.6 Å². The summed E-state index contributed by atoms with van der Waals surface area (Å²) in [5, 5.41) is 90.1. The molecule has 8 bridgehead atoms. The molecule has 2 aromatic heterocycles. The minimum absolute atomic E-state index is 0. The van der Waals surface area contributed by atoms with E-state index in [2.05, 4.69) is 72.3 Å². The largest absolute Gasteiger partial charge is 0.504 e. The predicted molar refractivity (Wildman–Crippen MR) is 418 cm³/mol. The number of carboxylic acids is 2. The van der Waals surface area contributed by atoms with Crippen molar-refractivity contribution in [3.63, 3.8) is 0 Å². The van der Waals surface area contributed by atoms with Crippen LogP contribution in [-0.2, 0) is 87.8 Å². The number of H-pyrrole nitrogens is 2. The number of piperazine rings is 2. The zero-order valence-corrected chi connectivity index (χ0v) is 68.6. The fourth-order valence-electron chi connectivity index (χ4n) is 21.7. The molecule has 22 rings (SSSR count). The van der Waals surface area contributed by atoms with E-state index in [4.69, 9.17) is 53.2 Å². The van der Waals surface area contributed by atoms with Gasteiger partial charge in [-0.05, 0) is 173 Å². The Morgan fingerprint density at radius 2 is 1.00 bits per heavy atom. The van der Waals surface area contributed by atoms with Crippen LogP contribution in [-0.4, -0.2) is 204 Å². The third-order valence-corrected chi connectivity index (χ3v) is 29.8. The molecule has 4 saturated heterocycles. The molecule has 14 aliphatic rings. The van der Waals surface area contributed by atoms with Crippen LogP contribution >= 0.6 is 23.5 Å². The molecule has 116 heavy (non-hydrogen) atoms. The van der Waals surface area contributed by atoms with Gasteiger partial charge in [0.1, 0.15) is 37.6 Å². The minimum Gasteiger partial charge on any atom is -0.504 e. The number of esters is 2. The maximum Gasteiger partial charge on any atom is 0.333 e. The van der Waals surface area contributed by atoms with E-state index in [9.17, 15) is 50.0 Å². The predicted octanol–water partition coefficient (Wildman–Crippen LogP) is 8.87. The molecule has 0 saturated carbocycles. The summed E-state index contributed by atoms with van der Waals surface area (Å²) in [6.45, 7) is 15.8. The third-order valence-electron chi connectivity index (χ3n) is 26.8. The van der Waals surface area contributed by atoms with Crippen LogP contribution in [0.4, 0.5) is 0 Å². The first-order valence-electron chi connectivity index (χ1n) is 38.3. The molecule has 613 valence electrons. The summed E-state index contributed by atoms with van der Waals surface area (Å²) >= 11 is 3.07. The third kappa shape index (κ3) is 11.3. The fraction of sp³-hybridized carbons (Fsp3) is 0.458. The van der Waals surface area contributed by atoms with Crippen molar-refractivity contribution in [2.24, 2.45) is 0 Å². The Bertz CT molecular complexity index is 5610. The van der Waals surface area contributed by atoms with E-state index in [0.717, 1.165) is 122 Å². The van der Waals surface area contributed by atoms with Gasteiger partial charge in [0, 0.05) is 119 Å². The summed E-state index contributed by atoms with van der Waals surface area (Å²) in [7, 11) is 7.15. The van der Waals surface area contributed by atoms with Crippen molar-refractivity contribution in [3.05, 3.63) is 170 Å². The number of hydrogen-bond acceptors (Lipinski definition) is 26. The number of nitriles is 1. The summed E-state index contributed by atoms with van der Waals surface area (Å²) in [4.78, 5) is 79.8. The number of aryl methyl sites for hydroxylation is 4. The number of aliphatic hydroxyl groups excluding tert-OH is 1. The van der Waals surface area contributed by atoms with Crippen LogP contribution in [0.5, 0.6) is 46.0 Å². The first kappa shape index (κ1) is 79.0. The number of nitrogens with zero attached hydrogens (tertiary/aromatic N) is 6. The van der Waals surface area contributed by atoms with Gasteiger partial charge in [-0.25, -0.2) is 9.59 Å². The Morgan fingerprint density at radius 3 is 1.42 bits per heavy atom. The van der Waals surface area contributed by atoms with Crippen molar-refractivity contribution in [3.8, 4) is 52.1 Å². The number of aromatic nitrogens is 2. The van der Waals surface area contributed by atoms with Crippen LogP contribution in [0.15, 0.2) is 48.5 Å². The Kier molecular flexibility index (Phi) is 19.5. The number of aromatic amines is 2. The number of benzene rings is 6. The molecule has 6 aromatic carbocycles. The van der Waals surface area contributed by atoms with E-state index in [0.29, 0.717) is 58.7 Å². The topological polar surface area (TPSA) is 399 Å². The SMILES string of the molecule is COc1c(C)cc2c(c1O)[C@@H]1[C@@H]3[C@@H]4SC[C@]5(N[C@@H](C(=O)O)Cc6c5[nH]c5ccc(C)cc65)C(=O)OC[C@@H](c5c6c(c(C)c(C)c54)OCO6)N3[C@@H](C#N)[C@H](C2)N1C.COc1c(C)cc2c(c1O)[C@@H]1[C@@H]3[C@@H]4SC[C@]5(N[C@@H](C(=O)O)Cc6c5[nH]c5ccc(C)cc65)C(=O)OC[C@@H](c5c6c(c(C)c(C)c54)OCO6)N3[C@@H](O)[C@H](C2)N1C.O=[N+]([O-])O.[Ag]. The number of hydrogen-bond donors (Lipinski definition) is 10. The molecule has 14 aliphatic heterocycles. The number of likely N-dealkylation sites (N-methyl/N-ethyl adjacent to an activating group) is 2. The smallest absolute Gasteiger partial charge is 0.333 e.